The van der Waals surface area contributed by atoms with E-state index in [0.29, 0.717) is 0 Å². The molecule has 0 saturated carbocycles. The highest BCUT2D eigenvalue weighted by atomic mass is 16.7. The Balaban J connectivity index is 2.44. The first-order valence-corrected chi connectivity index (χ1v) is 5.39. The molecule has 0 aromatic rings. The number of hydrogen-bond acceptors (Lipinski definition) is 5. The van der Waals surface area contributed by atoms with Gasteiger partial charge < -0.3 is 0 Å². The van der Waals surface area contributed by atoms with Gasteiger partial charge in [0.25, 0.3) is 0 Å². The normalized spacial score (nSPS) is 26.4. The van der Waals surface area contributed by atoms with Gasteiger partial charge >= 0.3 is 0 Å². The Kier molecular flexibility index (Phi) is 5.49. The van der Waals surface area contributed by atoms with Crippen LogP contribution in [0.4, 0.5) is 0 Å². The lowest BCUT2D eigenvalue weighted by Gasteiger charge is -2.28. The predicted octanol–water partition coefficient (Wildman–Crippen LogP) is -0.264. The topological polar surface area (TPSA) is 22.2 Å². The lowest BCUT2D eigenvalue weighted by molar-refractivity contribution is -0.146. The first kappa shape index (κ1) is 12.9. The van der Waals surface area contributed by atoms with Crippen molar-refractivity contribution in [1.82, 2.24) is 20.0 Å². The molecular formula is C10H23N4O. The van der Waals surface area contributed by atoms with Gasteiger partial charge in [0, 0.05) is 53.9 Å². The van der Waals surface area contributed by atoms with Crippen LogP contribution in [-0.4, -0.2) is 81.0 Å². The van der Waals surface area contributed by atoms with Crippen LogP contribution in [0.1, 0.15) is 0 Å². The van der Waals surface area contributed by atoms with Gasteiger partial charge in [-0.05, 0) is 7.05 Å². The van der Waals surface area contributed by atoms with Crippen LogP contribution in [0.3, 0.4) is 0 Å². The number of hydrazine groups is 1. The summed E-state index contributed by atoms with van der Waals surface area (Å²) in [4.78, 5) is 7.75. The summed E-state index contributed by atoms with van der Waals surface area (Å²) in [6.45, 7) is 6.71. The Morgan fingerprint density at radius 3 is 2.33 bits per heavy atom. The summed E-state index contributed by atoms with van der Waals surface area (Å²) in [5, 5.41) is 6.28. The van der Waals surface area contributed by atoms with E-state index in [1.54, 1.807) is 0 Å². The highest BCUT2D eigenvalue weighted by molar-refractivity contribution is 4.68. The zero-order valence-electron chi connectivity index (χ0n) is 10.3. The van der Waals surface area contributed by atoms with Crippen LogP contribution >= 0.6 is 0 Å². The molecule has 0 amide bonds. The van der Waals surface area contributed by atoms with Gasteiger partial charge in [0.2, 0.25) is 0 Å². The quantitative estimate of drug-likeness (QED) is 0.553. The van der Waals surface area contributed by atoms with Crippen molar-refractivity contribution < 1.29 is 4.84 Å². The highest BCUT2D eigenvalue weighted by Crippen LogP contribution is 1.98. The van der Waals surface area contributed by atoms with Crippen molar-refractivity contribution in [3.8, 4) is 0 Å². The number of hydrogen-bond donors (Lipinski definition) is 0. The van der Waals surface area contributed by atoms with E-state index < -0.39 is 0 Å². The van der Waals surface area contributed by atoms with Crippen LogP contribution in [-0.2, 0) is 4.84 Å². The summed E-state index contributed by atoms with van der Waals surface area (Å²) < 4.78 is 0. The number of likely N-dealkylation sites (N-methyl/N-ethyl adjacent to an activating group) is 4. The van der Waals surface area contributed by atoms with Gasteiger partial charge in [0.15, 0.2) is 0 Å². The summed E-state index contributed by atoms with van der Waals surface area (Å²) in [6.07, 6.45) is 0. The zero-order chi connectivity index (χ0) is 11.3. The maximum absolute atomic E-state index is 5.55. The molecular weight excluding hydrogens is 192 g/mol. The number of rotatable bonds is 0. The van der Waals surface area contributed by atoms with E-state index in [9.17, 15) is 0 Å². The second-order valence-electron chi connectivity index (χ2n) is 4.07. The van der Waals surface area contributed by atoms with Gasteiger partial charge in [-0.3, -0.25) is 9.74 Å². The minimum absolute atomic E-state index is 0.731. The smallest absolute Gasteiger partial charge is 0.0826 e. The van der Waals surface area contributed by atoms with Gasteiger partial charge in [0.05, 0.1) is 6.61 Å². The minimum Gasteiger partial charge on any atom is -0.299 e. The summed E-state index contributed by atoms with van der Waals surface area (Å²) in [5.41, 5.74) is 0. The molecule has 1 aliphatic heterocycles. The Labute approximate surface area is 93.1 Å². The molecule has 1 heterocycles. The van der Waals surface area contributed by atoms with Gasteiger partial charge in [-0.25, -0.2) is 10.0 Å². The molecule has 5 nitrogen and oxygen atoms in total. The van der Waals surface area contributed by atoms with Gasteiger partial charge in [-0.15, -0.1) is 0 Å². The zero-order valence-corrected chi connectivity index (χ0v) is 10.3. The molecule has 1 saturated heterocycles. The molecule has 0 aliphatic carbocycles. The lowest BCUT2D eigenvalue weighted by Crippen LogP contribution is -2.41. The average molecular weight is 215 g/mol. The highest BCUT2D eigenvalue weighted by Gasteiger charge is 2.10. The molecule has 15 heavy (non-hydrogen) atoms. The SMILES string of the molecule is CN1[CH]CN(C)OCCN(C)N(C)CC1. The molecule has 5 heteroatoms. The summed E-state index contributed by atoms with van der Waals surface area (Å²) in [6, 6.07) is 0. The van der Waals surface area contributed by atoms with Crippen LogP contribution in [0.25, 0.3) is 0 Å². The molecule has 0 bridgehead atoms. The molecule has 0 N–H and O–H groups in total. The van der Waals surface area contributed by atoms with Crippen LogP contribution in [0.2, 0.25) is 0 Å². The molecule has 0 spiro atoms. The van der Waals surface area contributed by atoms with Crippen LogP contribution < -0.4 is 0 Å². The summed E-state index contributed by atoms with van der Waals surface area (Å²) >= 11 is 0. The molecule has 0 aromatic carbocycles. The van der Waals surface area contributed by atoms with Crippen molar-refractivity contribution in [2.45, 2.75) is 0 Å². The fourth-order valence-corrected chi connectivity index (χ4v) is 1.37. The number of hydroxylamine groups is 2. The fourth-order valence-electron chi connectivity index (χ4n) is 1.37. The van der Waals surface area contributed by atoms with Crippen LogP contribution in [0.15, 0.2) is 0 Å². The molecule has 1 radical (unpaired) electrons. The Morgan fingerprint density at radius 1 is 0.933 bits per heavy atom. The first-order chi connectivity index (χ1) is 7.09. The maximum atomic E-state index is 5.55. The maximum Gasteiger partial charge on any atom is 0.0826 e. The minimum atomic E-state index is 0.731. The molecule has 0 aromatic heterocycles. The molecule has 0 unspecified atom stereocenters. The van der Waals surface area contributed by atoms with Crippen LogP contribution in [0, 0.1) is 6.54 Å². The van der Waals surface area contributed by atoms with E-state index in [2.05, 4.69) is 42.6 Å². The standard InChI is InChI=1S/C10H23N4O/c1-11-5-7-12(2)13(3)9-10-15-14(4)8-6-11/h6H,5,7-10H2,1-4H3. The second kappa shape index (κ2) is 6.40. The average Bonchev–Trinajstić information content (AvgIpc) is 2.23. The summed E-state index contributed by atoms with van der Waals surface area (Å²) in [7, 11) is 8.26. The van der Waals surface area contributed by atoms with E-state index in [-0.39, 0.29) is 0 Å². The van der Waals surface area contributed by atoms with E-state index in [4.69, 9.17) is 4.84 Å². The third-order valence-electron chi connectivity index (χ3n) is 2.74. The number of nitrogens with zero attached hydrogens (tertiary/aromatic N) is 4. The fraction of sp³-hybridized carbons (Fsp3) is 0.900. The third kappa shape index (κ3) is 4.90. The molecule has 1 fully saturated rings. The lowest BCUT2D eigenvalue weighted by atomic mass is 10.5. The molecule has 0 atom stereocenters. The van der Waals surface area contributed by atoms with Crippen molar-refractivity contribution in [1.29, 1.82) is 0 Å². The van der Waals surface area contributed by atoms with Gasteiger partial charge in [-0.1, -0.05) is 0 Å². The van der Waals surface area contributed by atoms with Crippen molar-refractivity contribution in [2.24, 2.45) is 0 Å². The van der Waals surface area contributed by atoms with E-state index in [1.807, 2.05) is 12.1 Å². The van der Waals surface area contributed by atoms with E-state index in [0.717, 1.165) is 32.8 Å². The van der Waals surface area contributed by atoms with E-state index >= 15 is 0 Å². The Morgan fingerprint density at radius 2 is 1.60 bits per heavy atom. The predicted molar refractivity (Wildman–Crippen MR) is 60.8 cm³/mol. The summed E-state index contributed by atoms with van der Waals surface area (Å²) in [5.74, 6) is 0. The monoisotopic (exact) mass is 215 g/mol. The third-order valence-corrected chi connectivity index (χ3v) is 2.74. The van der Waals surface area contributed by atoms with Gasteiger partial charge in [-0.2, -0.15) is 5.06 Å². The van der Waals surface area contributed by atoms with Crippen LogP contribution in [0.5, 0.6) is 0 Å². The second-order valence-corrected chi connectivity index (χ2v) is 4.07. The Hall–Kier alpha value is -0.200. The van der Waals surface area contributed by atoms with Gasteiger partial charge in [0.1, 0.15) is 0 Å². The van der Waals surface area contributed by atoms with Crippen molar-refractivity contribution >= 4 is 0 Å². The van der Waals surface area contributed by atoms with Crippen molar-refractivity contribution in [3.63, 3.8) is 0 Å². The largest absolute Gasteiger partial charge is 0.299 e. The first-order valence-electron chi connectivity index (χ1n) is 5.39. The molecule has 1 rings (SSSR count). The van der Waals surface area contributed by atoms with Crippen molar-refractivity contribution in [2.75, 3.05) is 61.0 Å². The molecule has 89 valence electrons. The van der Waals surface area contributed by atoms with Crippen molar-refractivity contribution in [3.05, 3.63) is 6.54 Å². The Bertz CT molecular complexity index is 179. The molecule has 1 aliphatic rings. The van der Waals surface area contributed by atoms with E-state index in [1.165, 1.54) is 0 Å².